The molecule has 0 saturated carbocycles. The minimum absolute atomic E-state index is 0.164. The van der Waals surface area contributed by atoms with Gasteiger partial charge in [0.05, 0.1) is 7.11 Å². The van der Waals surface area contributed by atoms with E-state index in [1.54, 1.807) is 7.11 Å². The normalized spacial score (nSPS) is 14.7. The standard InChI is InChI=1S/C25H21N3O3S2/c1-30-20-14-17(12-13-19(20)31-15-16-8-4-2-5-9-16)22-26-23-21(24(29)27-22)33-25(32)28(23)18-10-6-3-7-11-18/h2-14,22,26H,15H2,1H3,(H,27,29)/t22-/m1/s1. The van der Waals surface area contributed by atoms with Crippen molar-refractivity contribution in [1.82, 2.24) is 9.88 Å². The van der Waals surface area contributed by atoms with Gasteiger partial charge in [0, 0.05) is 5.69 Å². The quantitative estimate of drug-likeness (QED) is 0.350. The highest BCUT2D eigenvalue weighted by molar-refractivity contribution is 7.73. The van der Waals surface area contributed by atoms with E-state index < -0.39 is 6.17 Å². The lowest BCUT2D eigenvalue weighted by atomic mass is 10.1. The van der Waals surface area contributed by atoms with Crippen molar-refractivity contribution in [3.8, 4) is 17.2 Å². The first-order valence-electron chi connectivity index (χ1n) is 10.4. The number of aromatic nitrogens is 1. The molecule has 0 saturated heterocycles. The number of amides is 1. The maximum absolute atomic E-state index is 12.9. The van der Waals surface area contributed by atoms with Gasteiger partial charge < -0.3 is 20.1 Å². The number of thiazole rings is 1. The van der Waals surface area contributed by atoms with Crippen molar-refractivity contribution in [3.05, 3.63) is 98.8 Å². The van der Waals surface area contributed by atoms with Gasteiger partial charge in [-0.15, -0.1) is 0 Å². The third-order valence-electron chi connectivity index (χ3n) is 5.35. The fraction of sp³-hybridized carbons (Fsp3) is 0.120. The van der Waals surface area contributed by atoms with Crippen LogP contribution >= 0.6 is 23.6 Å². The second kappa shape index (κ2) is 9.09. The Balaban J connectivity index is 1.43. The van der Waals surface area contributed by atoms with Gasteiger partial charge >= 0.3 is 0 Å². The molecule has 0 unspecified atom stereocenters. The van der Waals surface area contributed by atoms with Crippen LogP contribution in [0.4, 0.5) is 5.82 Å². The van der Waals surface area contributed by atoms with Crippen molar-refractivity contribution >= 4 is 35.3 Å². The van der Waals surface area contributed by atoms with Crippen LogP contribution in [0, 0.1) is 3.95 Å². The Bertz CT molecular complexity index is 1350. The summed E-state index contributed by atoms with van der Waals surface area (Å²) < 4.78 is 14.0. The molecule has 6 nitrogen and oxygen atoms in total. The molecule has 33 heavy (non-hydrogen) atoms. The van der Waals surface area contributed by atoms with E-state index in [1.165, 1.54) is 11.3 Å². The predicted molar refractivity (Wildman–Crippen MR) is 132 cm³/mol. The highest BCUT2D eigenvalue weighted by Crippen LogP contribution is 2.36. The van der Waals surface area contributed by atoms with Crippen LogP contribution in [0.15, 0.2) is 78.9 Å². The lowest BCUT2D eigenvalue weighted by molar-refractivity contribution is 0.0939. The Morgan fingerprint density at radius 3 is 2.42 bits per heavy atom. The number of anilines is 1. The zero-order valence-corrected chi connectivity index (χ0v) is 19.4. The average molecular weight is 476 g/mol. The minimum atomic E-state index is -0.443. The first-order chi connectivity index (χ1) is 16.1. The smallest absolute Gasteiger partial charge is 0.267 e. The molecule has 1 aliphatic rings. The predicted octanol–water partition coefficient (Wildman–Crippen LogP) is 5.71. The fourth-order valence-corrected chi connectivity index (χ4v) is 5.03. The third-order valence-corrected chi connectivity index (χ3v) is 6.72. The van der Waals surface area contributed by atoms with Crippen molar-refractivity contribution in [3.63, 3.8) is 0 Å². The zero-order valence-electron chi connectivity index (χ0n) is 17.8. The number of hydrogen-bond acceptors (Lipinski definition) is 6. The summed E-state index contributed by atoms with van der Waals surface area (Å²) >= 11 is 6.85. The number of ether oxygens (including phenoxy) is 2. The molecule has 0 aliphatic carbocycles. The molecular formula is C25H21N3O3S2. The lowest BCUT2D eigenvalue weighted by Crippen LogP contribution is -2.38. The maximum atomic E-state index is 12.9. The van der Waals surface area contributed by atoms with Crippen molar-refractivity contribution in [1.29, 1.82) is 0 Å². The number of nitrogens with one attached hydrogen (secondary N) is 2. The Morgan fingerprint density at radius 1 is 0.970 bits per heavy atom. The fourth-order valence-electron chi connectivity index (χ4n) is 3.72. The molecule has 4 aromatic rings. The molecule has 0 spiro atoms. The monoisotopic (exact) mass is 475 g/mol. The Morgan fingerprint density at radius 2 is 1.70 bits per heavy atom. The van der Waals surface area contributed by atoms with E-state index in [4.69, 9.17) is 21.7 Å². The average Bonchev–Trinajstić information content (AvgIpc) is 3.20. The number of methoxy groups -OCH3 is 1. The summed E-state index contributed by atoms with van der Waals surface area (Å²) in [7, 11) is 1.60. The van der Waals surface area contributed by atoms with Crippen LogP contribution in [0.3, 0.4) is 0 Å². The van der Waals surface area contributed by atoms with Gasteiger partial charge in [-0.3, -0.25) is 9.36 Å². The first kappa shape index (κ1) is 21.2. The highest BCUT2D eigenvalue weighted by Gasteiger charge is 2.30. The topological polar surface area (TPSA) is 64.5 Å². The van der Waals surface area contributed by atoms with E-state index in [-0.39, 0.29) is 5.91 Å². The molecule has 1 atom stereocenters. The van der Waals surface area contributed by atoms with E-state index in [9.17, 15) is 4.79 Å². The van der Waals surface area contributed by atoms with Crippen LogP contribution in [0.2, 0.25) is 0 Å². The van der Waals surface area contributed by atoms with Crippen LogP contribution in [0.1, 0.15) is 27.0 Å². The summed E-state index contributed by atoms with van der Waals surface area (Å²) in [6.07, 6.45) is -0.443. The van der Waals surface area contributed by atoms with Gasteiger partial charge in [-0.2, -0.15) is 0 Å². The number of benzene rings is 3. The molecule has 1 amide bonds. The van der Waals surface area contributed by atoms with Crippen LogP contribution in [-0.2, 0) is 6.61 Å². The molecule has 166 valence electrons. The van der Waals surface area contributed by atoms with Gasteiger partial charge in [-0.1, -0.05) is 65.9 Å². The number of carbonyl (C=O) groups is 1. The lowest BCUT2D eigenvalue weighted by Gasteiger charge is -2.27. The van der Waals surface area contributed by atoms with E-state index >= 15 is 0 Å². The van der Waals surface area contributed by atoms with Crippen molar-refractivity contribution < 1.29 is 14.3 Å². The molecule has 5 rings (SSSR count). The number of para-hydroxylation sites is 1. The SMILES string of the molecule is COc1cc([C@H]2NC(=O)c3sc(=S)n(-c4ccccc4)c3N2)ccc1OCc1ccccc1. The highest BCUT2D eigenvalue weighted by atomic mass is 32.1. The Kier molecular flexibility index (Phi) is 5.85. The summed E-state index contributed by atoms with van der Waals surface area (Å²) in [5.74, 6) is 1.75. The van der Waals surface area contributed by atoms with Crippen molar-refractivity contribution in [2.75, 3.05) is 12.4 Å². The van der Waals surface area contributed by atoms with E-state index in [1.807, 2.05) is 83.4 Å². The number of nitrogens with zero attached hydrogens (tertiary/aromatic N) is 1. The van der Waals surface area contributed by atoms with Gasteiger partial charge in [0.2, 0.25) is 0 Å². The van der Waals surface area contributed by atoms with E-state index in [2.05, 4.69) is 10.6 Å². The number of rotatable bonds is 6. The minimum Gasteiger partial charge on any atom is -0.493 e. The van der Waals surface area contributed by atoms with Crippen molar-refractivity contribution in [2.24, 2.45) is 0 Å². The van der Waals surface area contributed by atoms with Crippen LogP contribution < -0.4 is 20.1 Å². The molecule has 2 N–H and O–H groups in total. The Hall–Kier alpha value is -3.62. The zero-order chi connectivity index (χ0) is 22.8. The molecule has 0 radical (unpaired) electrons. The van der Waals surface area contributed by atoms with Crippen LogP contribution in [0.25, 0.3) is 5.69 Å². The number of carbonyl (C=O) groups excluding carboxylic acids is 1. The van der Waals surface area contributed by atoms with E-state index in [0.29, 0.717) is 32.8 Å². The summed E-state index contributed by atoms with van der Waals surface area (Å²) in [5.41, 5.74) is 2.82. The molecule has 3 aromatic carbocycles. The molecule has 1 aliphatic heterocycles. The summed E-state index contributed by atoms with van der Waals surface area (Å²) in [4.78, 5) is 13.5. The molecular weight excluding hydrogens is 454 g/mol. The Labute approximate surface area is 200 Å². The third kappa shape index (κ3) is 4.22. The first-order valence-corrected chi connectivity index (χ1v) is 11.6. The second-order valence-electron chi connectivity index (χ2n) is 7.45. The molecule has 8 heteroatoms. The summed E-state index contributed by atoms with van der Waals surface area (Å²) in [6, 6.07) is 25.4. The van der Waals surface area contributed by atoms with Gasteiger partial charge in [0.15, 0.2) is 15.5 Å². The second-order valence-corrected chi connectivity index (χ2v) is 9.10. The van der Waals surface area contributed by atoms with Gasteiger partial charge in [0.25, 0.3) is 5.91 Å². The molecule has 1 aromatic heterocycles. The number of fused-ring (bicyclic) bond motifs is 1. The summed E-state index contributed by atoms with van der Waals surface area (Å²) in [6.45, 7) is 0.436. The molecule has 2 heterocycles. The van der Waals surface area contributed by atoms with Crippen molar-refractivity contribution in [2.45, 2.75) is 12.8 Å². The molecule has 0 bridgehead atoms. The van der Waals surface area contributed by atoms with Crippen LogP contribution in [0.5, 0.6) is 11.5 Å². The van der Waals surface area contributed by atoms with Gasteiger partial charge in [-0.05, 0) is 47.6 Å². The largest absolute Gasteiger partial charge is 0.493 e. The summed E-state index contributed by atoms with van der Waals surface area (Å²) in [5, 5.41) is 6.45. The molecule has 0 fully saturated rings. The van der Waals surface area contributed by atoms with Gasteiger partial charge in [0.1, 0.15) is 23.5 Å². The maximum Gasteiger partial charge on any atom is 0.267 e. The van der Waals surface area contributed by atoms with Gasteiger partial charge in [-0.25, -0.2) is 0 Å². The van der Waals surface area contributed by atoms with E-state index in [0.717, 1.165) is 16.8 Å². The number of hydrogen-bond donors (Lipinski definition) is 2. The van der Waals surface area contributed by atoms with Crippen LogP contribution in [-0.4, -0.2) is 17.6 Å².